The molecule has 1 aliphatic rings. The van der Waals surface area contributed by atoms with E-state index in [4.69, 9.17) is 5.11 Å². The molecule has 2 N–H and O–H groups in total. The molecule has 1 amide bonds. The number of hydrogen-bond donors (Lipinski definition) is 2. The van der Waals surface area contributed by atoms with Crippen molar-refractivity contribution in [2.45, 2.75) is 0 Å². The summed E-state index contributed by atoms with van der Waals surface area (Å²) < 4.78 is 0. The summed E-state index contributed by atoms with van der Waals surface area (Å²) in [5.41, 5.74) is 3.73. The smallest absolute Gasteiger partial charge is 0.258 e. The minimum absolute atomic E-state index is 0.127. The van der Waals surface area contributed by atoms with Gasteiger partial charge in [0.15, 0.2) is 0 Å². The van der Waals surface area contributed by atoms with E-state index >= 15 is 0 Å². The first kappa shape index (κ1) is 13.6. The molecule has 1 saturated heterocycles. The minimum atomic E-state index is -0.127. The summed E-state index contributed by atoms with van der Waals surface area (Å²) in [5, 5.41) is 11.1. The highest BCUT2D eigenvalue weighted by atomic mass is 16.3. The van der Waals surface area contributed by atoms with Gasteiger partial charge in [-0.05, 0) is 30.8 Å². The number of hydrogen-bond acceptors (Lipinski definition) is 4. The van der Waals surface area contributed by atoms with Crippen LogP contribution in [0.2, 0.25) is 0 Å². The Morgan fingerprint density at radius 3 is 2.47 bits per heavy atom. The Morgan fingerprint density at radius 1 is 1.21 bits per heavy atom. The molecule has 5 nitrogen and oxygen atoms in total. The summed E-state index contributed by atoms with van der Waals surface area (Å²) in [6, 6.07) is 6.71. The monoisotopic (exact) mass is 261 g/mol. The maximum absolute atomic E-state index is 11.7. The van der Waals surface area contributed by atoms with Crippen molar-refractivity contribution in [2.24, 2.45) is 0 Å². The van der Waals surface area contributed by atoms with Crippen LogP contribution in [-0.4, -0.2) is 54.1 Å². The lowest BCUT2D eigenvalue weighted by Gasteiger charge is -2.31. The van der Waals surface area contributed by atoms with Crippen molar-refractivity contribution in [3.05, 3.63) is 35.9 Å². The van der Waals surface area contributed by atoms with Crippen molar-refractivity contribution in [1.82, 2.24) is 15.3 Å². The fraction of sp³-hybridized carbons (Fsp3) is 0.357. The van der Waals surface area contributed by atoms with E-state index in [2.05, 4.69) is 17.4 Å². The number of hydrazine groups is 1. The number of rotatable bonds is 3. The molecule has 0 bridgehead atoms. The number of piperazine rings is 1. The van der Waals surface area contributed by atoms with Gasteiger partial charge in [0, 0.05) is 32.3 Å². The molecule has 1 aromatic rings. The van der Waals surface area contributed by atoms with Gasteiger partial charge in [0.05, 0.1) is 0 Å². The second-order valence-electron chi connectivity index (χ2n) is 4.69. The molecule has 0 aromatic heterocycles. The zero-order valence-electron chi connectivity index (χ0n) is 11.0. The topological polar surface area (TPSA) is 55.8 Å². The number of carbonyl (C=O) groups is 1. The predicted octanol–water partition coefficient (Wildman–Crippen LogP) is 0.684. The number of likely N-dealkylation sites (N-methyl/N-ethyl adjacent to an activating group) is 1. The molecule has 0 atom stereocenters. The Labute approximate surface area is 113 Å². The van der Waals surface area contributed by atoms with Crippen LogP contribution in [0, 0.1) is 0 Å². The molecule has 19 heavy (non-hydrogen) atoms. The van der Waals surface area contributed by atoms with Crippen LogP contribution in [0.3, 0.4) is 0 Å². The Morgan fingerprint density at radius 2 is 1.84 bits per heavy atom. The standard InChI is InChI=1S/C14H19N3O2/c1-16-8-10-17(11-9-16)15-14(19)7-4-12-2-5-13(18)6-3-12/h2-7,18H,8-11H2,1H3,(H,15,19)/b7-4+. The number of carbonyl (C=O) groups excluding carboxylic acids is 1. The first-order valence-corrected chi connectivity index (χ1v) is 6.35. The molecule has 0 radical (unpaired) electrons. The van der Waals surface area contributed by atoms with Crippen molar-refractivity contribution < 1.29 is 9.90 Å². The molecule has 0 saturated carbocycles. The normalized spacial score (nSPS) is 17.7. The van der Waals surface area contributed by atoms with Gasteiger partial charge in [-0.25, -0.2) is 5.01 Å². The van der Waals surface area contributed by atoms with E-state index in [-0.39, 0.29) is 11.7 Å². The Bertz CT molecular complexity index is 448. The average Bonchev–Trinajstić information content (AvgIpc) is 2.41. The summed E-state index contributed by atoms with van der Waals surface area (Å²) in [6.45, 7) is 3.61. The van der Waals surface area contributed by atoms with Crippen molar-refractivity contribution >= 4 is 12.0 Å². The molecule has 1 fully saturated rings. The van der Waals surface area contributed by atoms with E-state index in [9.17, 15) is 4.79 Å². The SMILES string of the molecule is CN1CCN(NC(=O)/C=C/c2ccc(O)cc2)CC1. The summed E-state index contributed by atoms with van der Waals surface area (Å²) in [7, 11) is 2.07. The van der Waals surface area contributed by atoms with E-state index in [1.54, 1.807) is 30.3 Å². The van der Waals surface area contributed by atoms with Crippen LogP contribution in [0.4, 0.5) is 0 Å². The minimum Gasteiger partial charge on any atom is -0.508 e. The van der Waals surface area contributed by atoms with Crippen molar-refractivity contribution in [3.8, 4) is 5.75 Å². The van der Waals surface area contributed by atoms with Crippen molar-refractivity contribution in [1.29, 1.82) is 0 Å². The molecular weight excluding hydrogens is 242 g/mol. The molecule has 1 aliphatic heterocycles. The summed E-state index contributed by atoms with van der Waals surface area (Å²) in [6.07, 6.45) is 3.23. The van der Waals surface area contributed by atoms with Gasteiger partial charge in [0.1, 0.15) is 5.75 Å². The molecule has 5 heteroatoms. The Kier molecular flexibility index (Phi) is 4.54. The van der Waals surface area contributed by atoms with E-state index < -0.39 is 0 Å². The van der Waals surface area contributed by atoms with E-state index in [0.717, 1.165) is 31.7 Å². The number of nitrogens with one attached hydrogen (secondary N) is 1. The molecule has 1 aromatic carbocycles. The molecule has 1 heterocycles. The van der Waals surface area contributed by atoms with Gasteiger partial charge in [0.25, 0.3) is 5.91 Å². The van der Waals surface area contributed by atoms with Gasteiger partial charge in [-0.15, -0.1) is 0 Å². The third-order valence-electron chi connectivity index (χ3n) is 3.09. The number of nitrogens with zero attached hydrogens (tertiary/aromatic N) is 2. The first-order chi connectivity index (χ1) is 9.13. The summed E-state index contributed by atoms with van der Waals surface area (Å²) >= 11 is 0. The zero-order valence-corrected chi connectivity index (χ0v) is 11.0. The summed E-state index contributed by atoms with van der Waals surface area (Å²) in [4.78, 5) is 14.0. The number of phenolic OH excluding ortho intramolecular Hbond substituents is 1. The largest absolute Gasteiger partial charge is 0.508 e. The third-order valence-corrected chi connectivity index (χ3v) is 3.09. The van der Waals surface area contributed by atoms with Crippen LogP contribution < -0.4 is 5.43 Å². The molecule has 0 unspecified atom stereocenters. The maximum Gasteiger partial charge on any atom is 0.258 e. The average molecular weight is 261 g/mol. The Balaban J connectivity index is 1.82. The zero-order chi connectivity index (χ0) is 13.7. The highest BCUT2D eigenvalue weighted by Crippen LogP contribution is 2.10. The lowest BCUT2D eigenvalue weighted by atomic mass is 10.2. The number of amides is 1. The fourth-order valence-corrected chi connectivity index (χ4v) is 1.87. The van der Waals surface area contributed by atoms with Gasteiger partial charge >= 0.3 is 0 Å². The molecule has 0 spiro atoms. The van der Waals surface area contributed by atoms with Crippen LogP contribution in [0.5, 0.6) is 5.75 Å². The number of phenols is 1. The van der Waals surface area contributed by atoms with Crippen molar-refractivity contribution in [2.75, 3.05) is 33.2 Å². The van der Waals surface area contributed by atoms with E-state index in [1.165, 1.54) is 6.08 Å². The molecule has 102 valence electrons. The van der Waals surface area contributed by atoms with Gasteiger partial charge in [-0.2, -0.15) is 0 Å². The summed E-state index contributed by atoms with van der Waals surface area (Å²) in [5.74, 6) is 0.0941. The maximum atomic E-state index is 11.7. The second kappa shape index (κ2) is 6.36. The molecule has 2 rings (SSSR count). The highest BCUT2D eigenvalue weighted by Gasteiger charge is 2.14. The van der Waals surface area contributed by atoms with Crippen LogP contribution >= 0.6 is 0 Å². The first-order valence-electron chi connectivity index (χ1n) is 6.35. The van der Waals surface area contributed by atoms with Gasteiger partial charge in [0.2, 0.25) is 0 Å². The van der Waals surface area contributed by atoms with Gasteiger partial charge in [-0.1, -0.05) is 12.1 Å². The lowest BCUT2D eigenvalue weighted by Crippen LogP contribution is -2.52. The molecular formula is C14H19N3O2. The number of benzene rings is 1. The second-order valence-corrected chi connectivity index (χ2v) is 4.69. The number of aromatic hydroxyl groups is 1. The van der Waals surface area contributed by atoms with Crippen LogP contribution in [0.1, 0.15) is 5.56 Å². The quantitative estimate of drug-likeness (QED) is 0.786. The van der Waals surface area contributed by atoms with Crippen LogP contribution in [0.25, 0.3) is 6.08 Å². The predicted molar refractivity (Wildman–Crippen MR) is 74.4 cm³/mol. The van der Waals surface area contributed by atoms with Gasteiger partial charge < -0.3 is 10.0 Å². The van der Waals surface area contributed by atoms with E-state index in [1.807, 2.05) is 5.01 Å². The van der Waals surface area contributed by atoms with Crippen LogP contribution in [-0.2, 0) is 4.79 Å². The van der Waals surface area contributed by atoms with Crippen LogP contribution in [0.15, 0.2) is 30.3 Å². The van der Waals surface area contributed by atoms with Crippen molar-refractivity contribution in [3.63, 3.8) is 0 Å². The molecule has 0 aliphatic carbocycles. The lowest BCUT2D eigenvalue weighted by molar-refractivity contribution is -0.121. The van der Waals surface area contributed by atoms with E-state index in [0.29, 0.717) is 0 Å². The third kappa shape index (κ3) is 4.39. The highest BCUT2D eigenvalue weighted by molar-refractivity contribution is 5.91. The fourth-order valence-electron chi connectivity index (χ4n) is 1.87. The Hall–Kier alpha value is -1.85. The van der Waals surface area contributed by atoms with Gasteiger partial charge in [-0.3, -0.25) is 10.2 Å².